The zero-order chi connectivity index (χ0) is 19.5. The molecule has 3 aromatic rings. The van der Waals surface area contributed by atoms with Crippen LogP contribution in [0.4, 0.5) is 0 Å². The van der Waals surface area contributed by atoms with Crippen molar-refractivity contribution in [1.29, 1.82) is 0 Å². The molecule has 1 aliphatic rings. The highest BCUT2D eigenvalue weighted by molar-refractivity contribution is 7.18. The van der Waals surface area contributed by atoms with Gasteiger partial charge in [-0.15, -0.1) is 11.3 Å². The predicted molar refractivity (Wildman–Crippen MR) is 109 cm³/mol. The quantitative estimate of drug-likeness (QED) is 0.687. The number of benzene rings is 2. The third kappa shape index (κ3) is 3.92. The molecule has 2 unspecified atom stereocenters. The molecule has 144 valence electrons. The molecule has 2 heterocycles. The normalized spacial score (nSPS) is 19.2. The zero-order valence-corrected chi connectivity index (χ0v) is 16.3. The SMILES string of the molecule is O=C(O)C1CN(C(=O)CCCc2nc3ccccc3s2)CC1c1ccccc1. The van der Waals surface area contributed by atoms with Gasteiger partial charge in [-0.25, -0.2) is 4.98 Å². The molecule has 1 amide bonds. The average molecular weight is 394 g/mol. The molecule has 5 nitrogen and oxygen atoms in total. The number of likely N-dealkylation sites (tertiary alicyclic amines) is 1. The number of aryl methyl sites for hydroxylation is 1. The van der Waals surface area contributed by atoms with Crippen molar-refractivity contribution in [2.75, 3.05) is 13.1 Å². The van der Waals surface area contributed by atoms with Crippen LogP contribution in [0.25, 0.3) is 10.2 Å². The number of amides is 1. The Balaban J connectivity index is 1.36. The lowest BCUT2D eigenvalue weighted by atomic mass is 9.89. The van der Waals surface area contributed by atoms with Crippen LogP contribution < -0.4 is 0 Å². The molecule has 28 heavy (non-hydrogen) atoms. The maximum atomic E-state index is 12.7. The Kier molecular flexibility index (Phi) is 5.39. The summed E-state index contributed by atoms with van der Waals surface area (Å²) >= 11 is 1.67. The Morgan fingerprint density at radius 2 is 1.82 bits per heavy atom. The predicted octanol–water partition coefficient (Wildman–Crippen LogP) is 3.95. The summed E-state index contributed by atoms with van der Waals surface area (Å²) < 4.78 is 1.17. The minimum atomic E-state index is -0.835. The number of hydrogen-bond acceptors (Lipinski definition) is 4. The maximum absolute atomic E-state index is 12.7. The Hall–Kier alpha value is -2.73. The van der Waals surface area contributed by atoms with Crippen molar-refractivity contribution >= 4 is 33.4 Å². The Morgan fingerprint density at radius 1 is 1.07 bits per heavy atom. The minimum absolute atomic E-state index is 0.0331. The van der Waals surface area contributed by atoms with Gasteiger partial charge in [0.25, 0.3) is 0 Å². The van der Waals surface area contributed by atoms with E-state index in [9.17, 15) is 14.7 Å². The molecule has 1 aromatic heterocycles. The molecule has 1 N–H and O–H groups in total. The standard InChI is InChI=1S/C22H22N2O3S/c25-21(12-6-11-20-23-18-9-4-5-10-19(18)28-20)24-13-16(17(14-24)22(26)27)15-7-2-1-3-8-15/h1-5,7-10,16-17H,6,11-14H2,(H,26,27). The third-order valence-corrected chi connectivity index (χ3v) is 6.43. The molecule has 0 aliphatic carbocycles. The molecule has 1 saturated heterocycles. The van der Waals surface area contributed by atoms with Gasteiger partial charge < -0.3 is 10.0 Å². The molecule has 6 heteroatoms. The number of carboxylic acid groups (broad SMARTS) is 1. The Bertz CT molecular complexity index is 953. The Labute approximate surface area is 167 Å². The van der Waals surface area contributed by atoms with Gasteiger partial charge in [-0.1, -0.05) is 42.5 Å². The van der Waals surface area contributed by atoms with Crippen LogP contribution in [0, 0.1) is 5.92 Å². The van der Waals surface area contributed by atoms with Crippen LogP contribution >= 0.6 is 11.3 Å². The summed E-state index contributed by atoms with van der Waals surface area (Å²) in [6, 6.07) is 17.7. The highest BCUT2D eigenvalue weighted by Crippen LogP contribution is 2.33. The fraction of sp³-hybridized carbons (Fsp3) is 0.318. The number of carbonyl (C=O) groups excluding carboxylic acids is 1. The summed E-state index contributed by atoms with van der Waals surface area (Å²) in [7, 11) is 0. The summed E-state index contributed by atoms with van der Waals surface area (Å²) in [5.74, 6) is -1.49. The fourth-order valence-corrected chi connectivity index (χ4v) is 4.88. The van der Waals surface area contributed by atoms with Crippen LogP contribution in [-0.2, 0) is 16.0 Å². The summed E-state index contributed by atoms with van der Waals surface area (Å²) in [6.07, 6.45) is 1.91. The van der Waals surface area contributed by atoms with Gasteiger partial charge in [-0.05, 0) is 30.5 Å². The molecular formula is C22H22N2O3S. The first kappa shape index (κ1) is 18.6. The van der Waals surface area contributed by atoms with Crippen LogP contribution in [-0.4, -0.2) is 40.0 Å². The first-order valence-electron chi connectivity index (χ1n) is 9.52. The molecule has 2 aromatic carbocycles. The summed E-state index contributed by atoms with van der Waals surface area (Å²) in [5.41, 5.74) is 1.99. The van der Waals surface area contributed by atoms with E-state index in [-0.39, 0.29) is 18.4 Å². The van der Waals surface area contributed by atoms with E-state index in [4.69, 9.17) is 0 Å². The molecule has 1 fully saturated rings. The van der Waals surface area contributed by atoms with Gasteiger partial charge in [0, 0.05) is 25.4 Å². The van der Waals surface area contributed by atoms with E-state index < -0.39 is 11.9 Å². The number of aromatic nitrogens is 1. The van der Waals surface area contributed by atoms with Crippen molar-refractivity contribution in [3.8, 4) is 0 Å². The van der Waals surface area contributed by atoms with Crippen LogP contribution in [0.15, 0.2) is 54.6 Å². The van der Waals surface area contributed by atoms with Gasteiger partial charge in [0.2, 0.25) is 5.91 Å². The third-order valence-electron chi connectivity index (χ3n) is 5.34. The van der Waals surface area contributed by atoms with Gasteiger partial charge in [0.1, 0.15) is 0 Å². The maximum Gasteiger partial charge on any atom is 0.308 e. The number of para-hydroxylation sites is 1. The smallest absolute Gasteiger partial charge is 0.308 e. The highest BCUT2D eigenvalue weighted by atomic mass is 32.1. The first-order chi connectivity index (χ1) is 13.6. The van der Waals surface area contributed by atoms with Gasteiger partial charge in [-0.3, -0.25) is 9.59 Å². The molecule has 2 atom stereocenters. The number of carbonyl (C=O) groups is 2. The second-order valence-electron chi connectivity index (χ2n) is 7.19. The van der Waals surface area contributed by atoms with E-state index >= 15 is 0 Å². The van der Waals surface area contributed by atoms with Crippen molar-refractivity contribution in [2.45, 2.75) is 25.2 Å². The molecule has 0 bridgehead atoms. The molecule has 0 saturated carbocycles. The number of carboxylic acids is 1. The molecule has 0 radical (unpaired) electrons. The number of fused-ring (bicyclic) bond motifs is 1. The lowest BCUT2D eigenvalue weighted by Crippen LogP contribution is -2.29. The summed E-state index contributed by atoms with van der Waals surface area (Å²) in [5, 5.41) is 10.6. The topological polar surface area (TPSA) is 70.5 Å². The van der Waals surface area contributed by atoms with E-state index in [0.29, 0.717) is 13.0 Å². The Morgan fingerprint density at radius 3 is 2.57 bits per heavy atom. The van der Waals surface area contributed by atoms with Crippen LogP contribution in [0.2, 0.25) is 0 Å². The van der Waals surface area contributed by atoms with Crippen LogP contribution in [0.5, 0.6) is 0 Å². The molecular weight excluding hydrogens is 372 g/mol. The van der Waals surface area contributed by atoms with Crippen LogP contribution in [0.3, 0.4) is 0 Å². The zero-order valence-electron chi connectivity index (χ0n) is 15.5. The lowest BCUT2D eigenvalue weighted by molar-refractivity contribution is -0.141. The number of hydrogen-bond donors (Lipinski definition) is 1. The van der Waals surface area contributed by atoms with Crippen molar-refractivity contribution in [3.05, 3.63) is 65.2 Å². The molecule has 4 rings (SSSR count). The molecule has 1 aliphatic heterocycles. The highest BCUT2D eigenvalue weighted by Gasteiger charge is 2.40. The second kappa shape index (κ2) is 8.10. The largest absolute Gasteiger partial charge is 0.481 e. The van der Waals surface area contributed by atoms with E-state index in [2.05, 4.69) is 11.1 Å². The second-order valence-corrected chi connectivity index (χ2v) is 8.30. The van der Waals surface area contributed by atoms with Crippen molar-refractivity contribution in [1.82, 2.24) is 9.88 Å². The summed E-state index contributed by atoms with van der Waals surface area (Å²) in [6.45, 7) is 0.760. The van der Waals surface area contributed by atoms with E-state index in [0.717, 1.165) is 28.9 Å². The molecule has 0 spiro atoms. The van der Waals surface area contributed by atoms with Gasteiger partial charge in [0.15, 0.2) is 0 Å². The van der Waals surface area contributed by atoms with Crippen molar-refractivity contribution < 1.29 is 14.7 Å². The number of nitrogens with zero attached hydrogens (tertiary/aromatic N) is 2. The van der Waals surface area contributed by atoms with Crippen molar-refractivity contribution in [3.63, 3.8) is 0 Å². The number of rotatable bonds is 6. The van der Waals surface area contributed by atoms with E-state index in [1.165, 1.54) is 4.70 Å². The number of aliphatic carboxylic acids is 1. The van der Waals surface area contributed by atoms with E-state index in [1.54, 1.807) is 16.2 Å². The number of thiazole rings is 1. The minimum Gasteiger partial charge on any atom is -0.481 e. The average Bonchev–Trinajstić information content (AvgIpc) is 3.33. The summed E-state index contributed by atoms with van der Waals surface area (Å²) in [4.78, 5) is 30.7. The van der Waals surface area contributed by atoms with Gasteiger partial charge >= 0.3 is 5.97 Å². The van der Waals surface area contributed by atoms with Crippen LogP contribution in [0.1, 0.15) is 29.3 Å². The van der Waals surface area contributed by atoms with Crippen molar-refractivity contribution in [2.24, 2.45) is 5.92 Å². The lowest BCUT2D eigenvalue weighted by Gasteiger charge is -2.16. The van der Waals surface area contributed by atoms with Gasteiger partial charge in [0.05, 0.1) is 21.1 Å². The van der Waals surface area contributed by atoms with E-state index in [1.807, 2.05) is 48.5 Å². The monoisotopic (exact) mass is 394 g/mol. The van der Waals surface area contributed by atoms with Gasteiger partial charge in [-0.2, -0.15) is 0 Å². The first-order valence-corrected chi connectivity index (χ1v) is 10.3. The fourth-order valence-electron chi connectivity index (χ4n) is 3.87.